The van der Waals surface area contributed by atoms with Gasteiger partial charge in [-0.15, -0.1) is 0 Å². The van der Waals surface area contributed by atoms with Crippen molar-refractivity contribution in [3.63, 3.8) is 0 Å². The summed E-state index contributed by atoms with van der Waals surface area (Å²) in [7, 11) is 0. The fourth-order valence-corrected chi connectivity index (χ4v) is 2.25. The maximum atomic E-state index is 11.9. The maximum Gasteiger partial charge on any atom is 0.234 e. The first-order valence-electron chi connectivity index (χ1n) is 7.00. The van der Waals surface area contributed by atoms with Crippen molar-refractivity contribution in [1.82, 2.24) is 20.2 Å². The van der Waals surface area contributed by atoms with Crippen LogP contribution in [0.15, 0.2) is 12.4 Å². The second-order valence-electron chi connectivity index (χ2n) is 5.12. The summed E-state index contributed by atoms with van der Waals surface area (Å²) >= 11 is 0. The number of aromatic nitrogens is 2. The summed E-state index contributed by atoms with van der Waals surface area (Å²) in [6.07, 6.45) is 8.42. The minimum absolute atomic E-state index is 0.0734. The lowest BCUT2D eigenvalue weighted by atomic mass is 10.2. The number of carbonyl (C=O) groups excluding carboxylic acids is 1. The highest BCUT2D eigenvalue weighted by molar-refractivity contribution is 5.77. The molecule has 0 saturated carbocycles. The molecule has 5 nitrogen and oxygen atoms in total. The lowest BCUT2D eigenvalue weighted by molar-refractivity contribution is -0.122. The third kappa shape index (κ3) is 4.95. The molecule has 1 fully saturated rings. The van der Waals surface area contributed by atoms with Gasteiger partial charge in [-0.1, -0.05) is 12.8 Å². The minimum Gasteiger partial charge on any atom is -0.349 e. The van der Waals surface area contributed by atoms with Gasteiger partial charge >= 0.3 is 0 Å². The van der Waals surface area contributed by atoms with Crippen molar-refractivity contribution in [2.24, 2.45) is 0 Å². The number of rotatable bonds is 4. The van der Waals surface area contributed by atoms with Gasteiger partial charge in [0.1, 0.15) is 0 Å². The standard InChI is InChI=1S/C14H22N4O/c1-12-8-16-13(9-15-12)10-17-14(19)11-18-6-4-2-3-5-7-18/h8-9H,2-7,10-11H2,1H3,(H,17,19). The lowest BCUT2D eigenvalue weighted by Gasteiger charge is -2.18. The van der Waals surface area contributed by atoms with Crippen molar-refractivity contribution in [3.8, 4) is 0 Å². The number of hydrogen-bond acceptors (Lipinski definition) is 4. The number of nitrogens with one attached hydrogen (secondary N) is 1. The summed E-state index contributed by atoms with van der Waals surface area (Å²) < 4.78 is 0. The molecule has 1 aliphatic heterocycles. The normalized spacial score (nSPS) is 16.9. The molecule has 5 heteroatoms. The van der Waals surface area contributed by atoms with Gasteiger partial charge in [0.2, 0.25) is 5.91 Å². The maximum absolute atomic E-state index is 11.9. The van der Waals surface area contributed by atoms with E-state index in [1.807, 2.05) is 6.92 Å². The van der Waals surface area contributed by atoms with Crippen LogP contribution in [0.25, 0.3) is 0 Å². The minimum atomic E-state index is 0.0734. The third-order valence-corrected chi connectivity index (χ3v) is 3.37. The van der Waals surface area contributed by atoms with Crippen LogP contribution < -0.4 is 5.32 Å². The predicted molar refractivity (Wildman–Crippen MR) is 73.5 cm³/mol. The first-order chi connectivity index (χ1) is 9.24. The Kier molecular flexibility index (Phi) is 5.27. The van der Waals surface area contributed by atoms with Crippen LogP contribution in [-0.4, -0.2) is 40.4 Å². The molecule has 104 valence electrons. The smallest absolute Gasteiger partial charge is 0.234 e. The average molecular weight is 262 g/mol. The average Bonchev–Trinajstić information content (AvgIpc) is 2.67. The summed E-state index contributed by atoms with van der Waals surface area (Å²) in [4.78, 5) is 22.5. The molecule has 0 spiro atoms. The van der Waals surface area contributed by atoms with E-state index in [0.29, 0.717) is 13.1 Å². The zero-order valence-corrected chi connectivity index (χ0v) is 11.6. The molecule has 0 bridgehead atoms. The second kappa shape index (κ2) is 7.19. The molecule has 0 atom stereocenters. The van der Waals surface area contributed by atoms with Gasteiger partial charge in [0.05, 0.1) is 30.7 Å². The summed E-state index contributed by atoms with van der Waals surface area (Å²) in [5.74, 6) is 0.0734. The molecule has 2 rings (SSSR count). The Morgan fingerprint density at radius 1 is 1.21 bits per heavy atom. The van der Waals surface area contributed by atoms with Gasteiger partial charge in [-0.05, 0) is 32.9 Å². The van der Waals surface area contributed by atoms with Gasteiger partial charge in [0, 0.05) is 6.20 Å². The van der Waals surface area contributed by atoms with Crippen LogP contribution in [0.2, 0.25) is 0 Å². The van der Waals surface area contributed by atoms with Gasteiger partial charge in [-0.25, -0.2) is 0 Å². The zero-order chi connectivity index (χ0) is 13.5. The van der Waals surface area contributed by atoms with Crippen molar-refractivity contribution >= 4 is 5.91 Å². The van der Waals surface area contributed by atoms with Crippen molar-refractivity contribution in [2.75, 3.05) is 19.6 Å². The van der Waals surface area contributed by atoms with E-state index in [2.05, 4.69) is 20.2 Å². The lowest BCUT2D eigenvalue weighted by Crippen LogP contribution is -2.37. The van der Waals surface area contributed by atoms with Crippen molar-refractivity contribution in [3.05, 3.63) is 23.8 Å². The fourth-order valence-electron chi connectivity index (χ4n) is 2.25. The highest BCUT2D eigenvalue weighted by atomic mass is 16.2. The molecule has 19 heavy (non-hydrogen) atoms. The first-order valence-corrected chi connectivity index (χ1v) is 7.00. The number of nitrogens with zero attached hydrogens (tertiary/aromatic N) is 3. The summed E-state index contributed by atoms with van der Waals surface area (Å²) in [5, 5.41) is 2.90. The molecule has 1 aromatic heterocycles. The Hall–Kier alpha value is -1.49. The quantitative estimate of drug-likeness (QED) is 0.888. The SMILES string of the molecule is Cc1cnc(CNC(=O)CN2CCCCCC2)cn1. The Bertz CT molecular complexity index is 396. The molecule has 0 radical (unpaired) electrons. The predicted octanol–water partition coefficient (Wildman–Crippen LogP) is 1.28. The largest absolute Gasteiger partial charge is 0.349 e. The summed E-state index contributed by atoms with van der Waals surface area (Å²) in [5.41, 5.74) is 1.69. The topological polar surface area (TPSA) is 58.1 Å². The Morgan fingerprint density at radius 2 is 1.95 bits per heavy atom. The van der Waals surface area contributed by atoms with E-state index >= 15 is 0 Å². The van der Waals surface area contributed by atoms with Crippen molar-refractivity contribution < 1.29 is 4.79 Å². The molecule has 0 aliphatic carbocycles. The molecule has 1 aliphatic rings. The molecule has 0 aromatic carbocycles. The molecule has 1 saturated heterocycles. The Balaban J connectivity index is 1.73. The van der Waals surface area contributed by atoms with Gasteiger partial charge in [0.25, 0.3) is 0 Å². The van der Waals surface area contributed by atoms with Crippen LogP contribution in [0.4, 0.5) is 0 Å². The fraction of sp³-hybridized carbons (Fsp3) is 0.643. The number of aryl methyl sites for hydroxylation is 1. The zero-order valence-electron chi connectivity index (χ0n) is 11.6. The number of amides is 1. The van der Waals surface area contributed by atoms with Crippen LogP contribution in [-0.2, 0) is 11.3 Å². The molecule has 1 N–H and O–H groups in total. The van der Waals surface area contributed by atoms with E-state index in [9.17, 15) is 4.79 Å². The van der Waals surface area contributed by atoms with Gasteiger partial charge in [-0.2, -0.15) is 0 Å². The molecule has 1 aromatic rings. The van der Waals surface area contributed by atoms with E-state index in [1.165, 1.54) is 25.7 Å². The highest BCUT2D eigenvalue weighted by Gasteiger charge is 2.12. The van der Waals surface area contributed by atoms with Gasteiger partial charge in [0.15, 0.2) is 0 Å². The first kappa shape index (κ1) is 13.9. The summed E-state index contributed by atoms with van der Waals surface area (Å²) in [6.45, 7) is 4.93. The van der Waals surface area contributed by atoms with Crippen LogP contribution in [0.3, 0.4) is 0 Å². The van der Waals surface area contributed by atoms with Gasteiger partial charge in [-0.3, -0.25) is 19.7 Å². The molecule has 0 unspecified atom stereocenters. The van der Waals surface area contributed by atoms with Gasteiger partial charge < -0.3 is 5.32 Å². The van der Waals surface area contributed by atoms with Crippen molar-refractivity contribution in [2.45, 2.75) is 39.2 Å². The van der Waals surface area contributed by atoms with Crippen LogP contribution in [0, 0.1) is 6.92 Å². The van der Waals surface area contributed by atoms with Crippen LogP contribution in [0.5, 0.6) is 0 Å². The van der Waals surface area contributed by atoms with Crippen molar-refractivity contribution in [1.29, 1.82) is 0 Å². The number of hydrogen-bond donors (Lipinski definition) is 1. The monoisotopic (exact) mass is 262 g/mol. The van der Waals surface area contributed by atoms with E-state index in [4.69, 9.17) is 0 Å². The van der Waals surface area contributed by atoms with E-state index in [0.717, 1.165) is 24.5 Å². The highest BCUT2D eigenvalue weighted by Crippen LogP contribution is 2.08. The molecule has 2 heterocycles. The number of likely N-dealkylation sites (tertiary alicyclic amines) is 1. The molecular weight excluding hydrogens is 240 g/mol. The Labute approximate surface area is 114 Å². The van der Waals surface area contributed by atoms with E-state index in [1.54, 1.807) is 12.4 Å². The second-order valence-corrected chi connectivity index (χ2v) is 5.12. The molecule has 1 amide bonds. The van der Waals surface area contributed by atoms with E-state index in [-0.39, 0.29) is 5.91 Å². The molecular formula is C14H22N4O. The Morgan fingerprint density at radius 3 is 2.58 bits per heavy atom. The number of carbonyl (C=O) groups is 1. The van der Waals surface area contributed by atoms with Crippen LogP contribution >= 0.6 is 0 Å². The summed E-state index contributed by atoms with van der Waals surface area (Å²) in [6, 6.07) is 0. The van der Waals surface area contributed by atoms with E-state index < -0.39 is 0 Å². The third-order valence-electron chi connectivity index (χ3n) is 3.37. The van der Waals surface area contributed by atoms with Crippen LogP contribution in [0.1, 0.15) is 37.1 Å².